The smallest absolute Gasteiger partial charge is 0.229 e. The van der Waals surface area contributed by atoms with E-state index in [4.69, 9.17) is 10.5 Å². The Hall–Kier alpha value is -4.21. The summed E-state index contributed by atoms with van der Waals surface area (Å²) < 4.78 is 35.2. The number of benzene rings is 2. The fourth-order valence-corrected chi connectivity index (χ4v) is 2.97. The number of hydrogen-bond donors (Lipinski definition) is 3. The van der Waals surface area contributed by atoms with Gasteiger partial charge in [0.25, 0.3) is 0 Å². The molecule has 4 N–H and O–H groups in total. The van der Waals surface area contributed by atoms with E-state index in [1.54, 1.807) is 30.2 Å². The summed E-state index contributed by atoms with van der Waals surface area (Å²) in [5, 5.41) is 10.0. The van der Waals surface area contributed by atoms with Crippen LogP contribution in [0.15, 0.2) is 55.0 Å². The van der Waals surface area contributed by atoms with Crippen LogP contribution in [0.4, 0.5) is 37.6 Å². The van der Waals surface area contributed by atoms with Gasteiger partial charge in [0.2, 0.25) is 5.95 Å². The van der Waals surface area contributed by atoms with E-state index < -0.39 is 11.6 Å². The molecule has 2 heterocycles. The minimum atomic E-state index is -0.516. The normalized spacial score (nSPS) is 10.7. The van der Waals surface area contributed by atoms with E-state index in [-0.39, 0.29) is 17.5 Å². The number of hydrogen-bond acceptors (Lipinski definition) is 7. The largest absolute Gasteiger partial charge is 0.497 e. The van der Waals surface area contributed by atoms with E-state index in [1.807, 2.05) is 0 Å². The van der Waals surface area contributed by atoms with E-state index in [0.29, 0.717) is 28.3 Å². The molecular weight excluding hydrogens is 404 g/mol. The van der Waals surface area contributed by atoms with Crippen molar-refractivity contribution < 1.29 is 13.5 Å². The average Bonchev–Trinajstić information content (AvgIpc) is 3.15. The van der Waals surface area contributed by atoms with Crippen LogP contribution in [0.2, 0.25) is 0 Å². The third-order valence-electron chi connectivity index (χ3n) is 4.41. The highest BCUT2D eigenvalue weighted by atomic mass is 19.1. The zero-order valence-electron chi connectivity index (χ0n) is 16.7. The van der Waals surface area contributed by atoms with Gasteiger partial charge in [0.15, 0.2) is 0 Å². The molecule has 158 valence electrons. The molecule has 2 aromatic heterocycles. The summed E-state index contributed by atoms with van der Waals surface area (Å²) in [6.07, 6.45) is 4.87. The topological polar surface area (TPSA) is 103 Å². The molecule has 0 aliphatic heterocycles. The highest BCUT2D eigenvalue weighted by Gasteiger charge is 2.15. The first-order chi connectivity index (χ1) is 14.9. The van der Waals surface area contributed by atoms with Crippen molar-refractivity contribution in [3.63, 3.8) is 0 Å². The van der Waals surface area contributed by atoms with Gasteiger partial charge in [-0.2, -0.15) is 10.1 Å². The van der Waals surface area contributed by atoms with Gasteiger partial charge >= 0.3 is 0 Å². The predicted molar refractivity (Wildman–Crippen MR) is 115 cm³/mol. The molecule has 4 rings (SSSR count). The van der Waals surface area contributed by atoms with E-state index >= 15 is 0 Å². The molecule has 0 bridgehead atoms. The second-order valence-electron chi connectivity index (χ2n) is 6.73. The highest BCUT2D eigenvalue weighted by Crippen LogP contribution is 2.33. The fourth-order valence-electron chi connectivity index (χ4n) is 2.97. The second kappa shape index (κ2) is 8.27. The van der Waals surface area contributed by atoms with E-state index in [2.05, 4.69) is 25.7 Å². The van der Waals surface area contributed by atoms with E-state index in [9.17, 15) is 8.78 Å². The van der Waals surface area contributed by atoms with Gasteiger partial charge < -0.3 is 21.1 Å². The summed E-state index contributed by atoms with van der Waals surface area (Å²) in [6, 6.07) is 8.36. The first-order valence-electron chi connectivity index (χ1n) is 9.21. The van der Waals surface area contributed by atoms with Crippen molar-refractivity contribution in [2.24, 2.45) is 7.05 Å². The molecule has 0 amide bonds. The van der Waals surface area contributed by atoms with Gasteiger partial charge in [-0.1, -0.05) is 0 Å². The molecular formula is C21H19F2N7O. The number of aromatic nitrogens is 4. The quantitative estimate of drug-likeness (QED) is 0.399. The van der Waals surface area contributed by atoms with Gasteiger partial charge in [0.1, 0.15) is 23.2 Å². The SMILES string of the molecule is COc1cc(F)cc(-c2cnc(Nc3cnn(C)c3)nc2Nc2cc(N)ccc2F)c1. The lowest BCUT2D eigenvalue weighted by Crippen LogP contribution is -2.04. The molecule has 31 heavy (non-hydrogen) atoms. The lowest BCUT2D eigenvalue weighted by atomic mass is 10.1. The van der Waals surface area contributed by atoms with Crippen LogP contribution in [0.25, 0.3) is 11.1 Å². The Morgan fingerprint density at radius 3 is 2.65 bits per heavy atom. The number of anilines is 5. The average molecular weight is 423 g/mol. The van der Waals surface area contributed by atoms with E-state index in [1.165, 1.54) is 43.6 Å². The summed E-state index contributed by atoms with van der Waals surface area (Å²) in [4.78, 5) is 8.77. The number of rotatable bonds is 6. The third kappa shape index (κ3) is 4.53. The number of methoxy groups -OCH3 is 1. The minimum absolute atomic E-state index is 0.121. The third-order valence-corrected chi connectivity index (χ3v) is 4.41. The van der Waals surface area contributed by atoms with E-state index in [0.717, 1.165) is 0 Å². The Kier molecular flexibility index (Phi) is 5.35. The number of halogens is 2. The highest BCUT2D eigenvalue weighted by molar-refractivity contribution is 5.80. The molecule has 0 unspecified atom stereocenters. The van der Waals surface area contributed by atoms with Crippen molar-refractivity contribution in [2.45, 2.75) is 0 Å². The second-order valence-corrected chi connectivity index (χ2v) is 6.73. The van der Waals surface area contributed by atoms with Crippen molar-refractivity contribution >= 4 is 28.8 Å². The summed E-state index contributed by atoms with van der Waals surface area (Å²) in [6.45, 7) is 0. The van der Waals surface area contributed by atoms with Crippen LogP contribution in [0, 0.1) is 11.6 Å². The number of nitrogens with one attached hydrogen (secondary N) is 2. The molecule has 0 fully saturated rings. The monoisotopic (exact) mass is 423 g/mol. The zero-order valence-corrected chi connectivity index (χ0v) is 16.7. The van der Waals surface area contributed by atoms with Gasteiger partial charge in [-0.05, 0) is 35.9 Å². The van der Waals surface area contributed by atoms with Crippen LogP contribution in [0.1, 0.15) is 0 Å². The maximum atomic E-state index is 14.4. The maximum absolute atomic E-state index is 14.4. The predicted octanol–water partition coefficient (Wildman–Crippen LogP) is 4.23. The van der Waals surface area contributed by atoms with Crippen LogP contribution >= 0.6 is 0 Å². The number of nitrogens with two attached hydrogens (primary N) is 1. The maximum Gasteiger partial charge on any atom is 0.229 e. The summed E-state index contributed by atoms with van der Waals surface area (Å²) in [7, 11) is 3.22. The molecule has 0 aliphatic carbocycles. The van der Waals surface area contributed by atoms with Gasteiger partial charge in [-0.25, -0.2) is 13.8 Å². The molecule has 0 spiro atoms. The van der Waals surface area contributed by atoms with Gasteiger partial charge in [0.05, 0.1) is 24.7 Å². The number of nitrogens with zero attached hydrogens (tertiary/aromatic N) is 4. The molecule has 0 saturated carbocycles. The molecule has 4 aromatic rings. The summed E-state index contributed by atoms with van der Waals surface area (Å²) >= 11 is 0. The molecule has 8 nitrogen and oxygen atoms in total. The first-order valence-corrected chi connectivity index (χ1v) is 9.21. The molecule has 0 saturated heterocycles. The standard InChI is InChI=1S/C21H19F2N7O/c1-30-11-15(9-26-30)27-21-25-10-17(12-5-13(22)7-16(6-12)31-2)20(29-21)28-19-8-14(24)3-4-18(19)23/h3-11H,24H2,1-2H3,(H2,25,27,28,29). The van der Waals surface area contributed by atoms with Crippen LogP contribution < -0.4 is 21.1 Å². The van der Waals surface area contributed by atoms with Crippen LogP contribution in [0.3, 0.4) is 0 Å². The molecule has 0 atom stereocenters. The molecule has 2 aromatic carbocycles. The van der Waals surface area contributed by atoms with Crippen molar-refractivity contribution in [3.05, 3.63) is 66.6 Å². The Bertz CT molecular complexity index is 1240. The number of nitrogen functional groups attached to an aromatic ring is 1. The van der Waals surface area contributed by atoms with Crippen LogP contribution in [-0.4, -0.2) is 26.9 Å². The Morgan fingerprint density at radius 1 is 1.06 bits per heavy atom. The number of aryl methyl sites for hydroxylation is 1. The van der Waals surface area contributed by atoms with Crippen LogP contribution in [0.5, 0.6) is 5.75 Å². The van der Waals surface area contributed by atoms with Crippen molar-refractivity contribution in [2.75, 3.05) is 23.5 Å². The fraction of sp³-hybridized carbons (Fsp3) is 0.0952. The Morgan fingerprint density at radius 2 is 1.90 bits per heavy atom. The Labute approximate surface area is 176 Å². The summed E-state index contributed by atoms with van der Waals surface area (Å²) in [5.74, 6) is -0.190. The molecule has 0 aliphatic rings. The van der Waals surface area contributed by atoms with Crippen LogP contribution in [-0.2, 0) is 7.05 Å². The van der Waals surface area contributed by atoms with Gasteiger partial charge in [0, 0.05) is 36.8 Å². The first kappa shape index (κ1) is 20.1. The van der Waals surface area contributed by atoms with Gasteiger partial charge in [-0.15, -0.1) is 0 Å². The lowest BCUT2D eigenvalue weighted by Gasteiger charge is -2.14. The Balaban J connectivity index is 1.79. The number of ether oxygens (including phenoxy) is 1. The summed E-state index contributed by atoms with van der Waals surface area (Å²) in [5.41, 5.74) is 7.86. The zero-order chi connectivity index (χ0) is 22.0. The van der Waals surface area contributed by atoms with Crippen molar-refractivity contribution in [1.82, 2.24) is 19.7 Å². The van der Waals surface area contributed by atoms with Gasteiger partial charge in [-0.3, -0.25) is 4.68 Å². The van der Waals surface area contributed by atoms with Crippen molar-refractivity contribution in [1.29, 1.82) is 0 Å². The minimum Gasteiger partial charge on any atom is -0.497 e. The lowest BCUT2D eigenvalue weighted by molar-refractivity contribution is 0.411. The molecule has 0 radical (unpaired) electrons. The molecule has 10 heteroatoms. The van der Waals surface area contributed by atoms with Crippen molar-refractivity contribution in [3.8, 4) is 16.9 Å².